The fourth-order valence-electron chi connectivity index (χ4n) is 1.78. The molecule has 1 N–H and O–H groups in total. The van der Waals surface area contributed by atoms with Gasteiger partial charge in [-0.15, -0.1) is 0 Å². The summed E-state index contributed by atoms with van der Waals surface area (Å²) in [4.78, 5) is 15.8. The van der Waals surface area contributed by atoms with Gasteiger partial charge in [-0.1, -0.05) is 0 Å². The fraction of sp³-hybridized carbons (Fsp3) is 0.385. The van der Waals surface area contributed by atoms with E-state index >= 15 is 0 Å². The minimum atomic E-state index is -0.794. The van der Waals surface area contributed by atoms with Crippen LogP contribution in [-0.4, -0.2) is 23.6 Å². The summed E-state index contributed by atoms with van der Waals surface area (Å²) in [6.45, 7) is 5.31. The maximum atomic E-state index is 11.6. The van der Waals surface area contributed by atoms with Crippen LogP contribution in [0, 0.1) is 6.92 Å². The summed E-state index contributed by atoms with van der Waals surface area (Å²) in [7, 11) is 1.37. The van der Waals surface area contributed by atoms with Crippen LogP contribution in [0.25, 0.3) is 11.1 Å². The molecule has 5 heteroatoms. The Hall–Kier alpha value is -2.04. The topological polar surface area (TPSA) is 64.4 Å². The number of hydrogen-bond donors (Lipinski definition) is 1. The third-order valence-corrected chi connectivity index (χ3v) is 2.65. The predicted octanol–water partition coefficient (Wildman–Crippen LogP) is 2.50. The molecule has 0 aliphatic heterocycles. The lowest BCUT2D eigenvalue weighted by molar-refractivity contribution is -0.144. The van der Waals surface area contributed by atoms with Crippen molar-refractivity contribution in [2.75, 3.05) is 12.4 Å². The molecule has 0 radical (unpaired) electrons. The molecule has 5 nitrogen and oxygen atoms in total. The second-order valence-corrected chi connectivity index (χ2v) is 4.66. The Kier molecular flexibility index (Phi) is 2.98. The standard InChI is InChI=1S/C13H16N2O3/c1-8-14-10-6-5-9(7-11(10)18-8)15-13(2,3)12(16)17-4/h5-7,15H,1-4H3. The molecule has 0 aliphatic carbocycles. The van der Waals surface area contributed by atoms with Crippen molar-refractivity contribution in [3.63, 3.8) is 0 Å². The van der Waals surface area contributed by atoms with Crippen molar-refractivity contribution in [3.8, 4) is 0 Å². The molecule has 2 aromatic rings. The van der Waals surface area contributed by atoms with E-state index in [2.05, 4.69) is 10.3 Å². The number of carbonyl (C=O) groups excluding carboxylic acids is 1. The first-order chi connectivity index (χ1) is 8.42. The maximum absolute atomic E-state index is 11.6. The van der Waals surface area contributed by atoms with Crippen molar-refractivity contribution in [1.82, 2.24) is 4.98 Å². The smallest absolute Gasteiger partial charge is 0.330 e. The van der Waals surface area contributed by atoms with Crippen LogP contribution >= 0.6 is 0 Å². The molecule has 0 aliphatic rings. The number of ether oxygens (including phenoxy) is 1. The van der Waals surface area contributed by atoms with Gasteiger partial charge in [-0.2, -0.15) is 0 Å². The highest BCUT2D eigenvalue weighted by Gasteiger charge is 2.28. The minimum Gasteiger partial charge on any atom is -0.467 e. The maximum Gasteiger partial charge on any atom is 0.330 e. The molecule has 0 fully saturated rings. The summed E-state index contributed by atoms with van der Waals surface area (Å²) in [6, 6.07) is 5.52. The number of aromatic nitrogens is 1. The molecule has 18 heavy (non-hydrogen) atoms. The first-order valence-corrected chi connectivity index (χ1v) is 5.66. The summed E-state index contributed by atoms with van der Waals surface area (Å²) < 4.78 is 10.2. The van der Waals surface area contributed by atoms with Crippen LogP contribution in [0.15, 0.2) is 22.6 Å². The lowest BCUT2D eigenvalue weighted by Gasteiger charge is -2.24. The van der Waals surface area contributed by atoms with Gasteiger partial charge in [0.25, 0.3) is 0 Å². The van der Waals surface area contributed by atoms with Crippen LogP contribution in [0.5, 0.6) is 0 Å². The number of hydrogen-bond acceptors (Lipinski definition) is 5. The number of nitrogens with one attached hydrogen (secondary N) is 1. The van der Waals surface area contributed by atoms with Crippen molar-refractivity contribution in [1.29, 1.82) is 0 Å². The molecule has 0 spiro atoms. The highest BCUT2D eigenvalue weighted by atomic mass is 16.5. The summed E-state index contributed by atoms with van der Waals surface area (Å²) in [5.41, 5.74) is 1.48. The molecule has 1 aromatic carbocycles. The number of benzene rings is 1. The zero-order valence-corrected chi connectivity index (χ0v) is 10.9. The highest BCUT2D eigenvalue weighted by molar-refractivity contribution is 5.85. The minimum absolute atomic E-state index is 0.323. The number of rotatable bonds is 3. The quantitative estimate of drug-likeness (QED) is 0.845. The SMILES string of the molecule is COC(=O)C(C)(C)Nc1ccc2nc(C)oc2c1. The summed E-state index contributed by atoms with van der Waals surface area (Å²) in [5, 5.41) is 3.11. The van der Waals surface area contributed by atoms with E-state index in [-0.39, 0.29) is 5.97 Å². The molecule has 0 bridgehead atoms. The number of esters is 1. The van der Waals surface area contributed by atoms with Gasteiger partial charge in [0.15, 0.2) is 11.5 Å². The van der Waals surface area contributed by atoms with Crippen LogP contribution < -0.4 is 5.32 Å². The lowest BCUT2D eigenvalue weighted by Crippen LogP contribution is -2.41. The molecule has 96 valence electrons. The van der Waals surface area contributed by atoms with E-state index < -0.39 is 5.54 Å². The summed E-state index contributed by atoms with van der Waals surface area (Å²) in [5.74, 6) is 0.297. The number of anilines is 1. The number of oxazole rings is 1. The summed E-state index contributed by atoms with van der Waals surface area (Å²) >= 11 is 0. The van der Waals surface area contributed by atoms with Gasteiger partial charge in [0, 0.05) is 18.7 Å². The molecular weight excluding hydrogens is 232 g/mol. The number of methoxy groups -OCH3 is 1. The van der Waals surface area contributed by atoms with E-state index in [1.807, 2.05) is 18.2 Å². The van der Waals surface area contributed by atoms with Crippen molar-refractivity contribution < 1.29 is 13.9 Å². The number of fused-ring (bicyclic) bond motifs is 1. The third-order valence-electron chi connectivity index (χ3n) is 2.65. The van der Waals surface area contributed by atoms with Crippen molar-refractivity contribution in [3.05, 3.63) is 24.1 Å². The van der Waals surface area contributed by atoms with Crippen LogP contribution in [0.3, 0.4) is 0 Å². The number of carbonyl (C=O) groups is 1. The fourth-order valence-corrected chi connectivity index (χ4v) is 1.78. The third kappa shape index (κ3) is 2.30. The predicted molar refractivity (Wildman–Crippen MR) is 68.5 cm³/mol. The van der Waals surface area contributed by atoms with Gasteiger partial charge in [-0.25, -0.2) is 9.78 Å². The lowest BCUT2D eigenvalue weighted by atomic mass is 10.1. The van der Waals surface area contributed by atoms with Crippen LogP contribution in [0.4, 0.5) is 5.69 Å². The molecule has 0 atom stereocenters. The second kappa shape index (κ2) is 4.33. The monoisotopic (exact) mass is 248 g/mol. The molecule has 0 saturated carbocycles. The van der Waals surface area contributed by atoms with E-state index in [4.69, 9.17) is 9.15 Å². The average Bonchev–Trinajstić information content (AvgIpc) is 2.66. The first-order valence-electron chi connectivity index (χ1n) is 5.66. The molecule has 1 heterocycles. The van der Waals surface area contributed by atoms with E-state index in [1.54, 1.807) is 20.8 Å². The van der Waals surface area contributed by atoms with Crippen molar-refractivity contribution in [2.24, 2.45) is 0 Å². The Balaban J connectivity index is 2.29. The molecule has 0 unspecified atom stereocenters. The zero-order chi connectivity index (χ0) is 13.3. The van der Waals surface area contributed by atoms with Gasteiger partial charge in [-0.05, 0) is 26.0 Å². The van der Waals surface area contributed by atoms with Gasteiger partial charge in [0.05, 0.1) is 7.11 Å². The van der Waals surface area contributed by atoms with Gasteiger partial charge < -0.3 is 14.5 Å². The zero-order valence-electron chi connectivity index (χ0n) is 10.9. The van der Waals surface area contributed by atoms with E-state index in [0.29, 0.717) is 11.5 Å². The van der Waals surface area contributed by atoms with Crippen LogP contribution in [-0.2, 0) is 9.53 Å². The molecule has 0 amide bonds. The Morgan fingerprint density at radius 3 is 2.83 bits per heavy atom. The normalized spacial score (nSPS) is 11.6. The van der Waals surface area contributed by atoms with E-state index in [9.17, 15) is 4.79 Å². The number of nitrogens with zero attached hydrogens (tertiary/aromatic N) is 1. The largest absolute Gasteiger partial charge is 0.467 e. The average molecular weight is 248 g/mol. The van der Waals surface area contributed by atoms with Crippen LogP contribution in [0.1, 0.15) is 19.7 Å². The van der Waals surface area contributed by atoms with Crippen molar-refractivity contribution >= 4 is 22.8 Å². The van der Waals surface area contributed by atoms with Gasteiger partial charge in [0.2, 0.25) is 0 Å². The second-order valence-electron chi connectivity index (χ2n) is 4.66. The van der Waals surface area contributed by atoms with E-state index in [0.717, 1.165) is 11.2 Å². The Bertz CT molecular complexity index is 587. The Labute approximate surface area is 105 Å². The van der Waals surface area contributed by atoms with Crippen LogP contribution in [0.2, 0.25) is 0 Å². The van der Waals surface area contributed by atoms with E-state index in [1.165, 1.54) is 7.11 Å². The number of aryl methyl sites for hydroxylation is 1. The Morgan fingerprint density at radius 1 is 1.44 bits per heavy atom. The van der Waals surface area contributed by atoms with Gasteiger partial charge in [0.1, 0.15) is 11.1 Å². The van der Waals surface area contributed by atoms with Gasteiger partial charge in [-0.3, -0.25) is 0 Å². The van der Waals surface area contributed by atoms with Crippen molar-refractivity contribution in [2.45, 2.75) is 26.3 Å². The molecule has 0 saturated heterocycles. The molecule has 1 aromatic heterocycles. The highest BCUT2D eigenvalue weighted by Crippen LogP contribution is 2.22. The Morgan fingerprint density at radius 2 is 2.17 bits per heavy atom. The van der Waals surface area contributed by atoms with Gasteiger partial charge >= 0.3 is 5.97 Å². The summed E-state index contributed by atoms with van der Waals surface area (Å²) in [6.07, 6.45) is 0. The molecule has 2 rings (SSSR count). The molecular formula is C13H16N2O3. The first kappa shape index (κ1) is 12.4.